The number of nitrogens with two attached hydrogens (primary N) is 1. The normalized spacial score (nSPS) is 28.1. The van der Waals surface area contributed by atoms with Gasteiger partial charge in [0.05, 0.1) is 0 Å². The lowest BCUT2D eigenvalue weighted by Gasteiger charge is -2.16. The van der Waals surface area contributed by atoms with Crippen molar-refractivity contribution in [1.29, 1.82) is 0 Å². The van der Waals surface area contributed by atoms with Crippen LogP contribution in [-0.2, 0) is 14.3 Å². The summed E-state index contributed by atoms with van der Waals surface area (Å²) in [4.78, 5) is 13.5. The summed E-state index contributed by atoms with van der Waals surface area (Å²) in [6, 6.07) is -0.0971. The average molecular weight is 216 g/mol. The molecule has 0 aromatic heterocycles. The van der Waals surface area contributed by atoms with E-state index in [0.717, 1.165) is 0 Å². The van der Waals surface area contributed by atoms with Gasteiger partial charge < -0.3 is 20.1 Å². The molecule has 1 rings (SSSR count). The first kappa shape index (κ1) is 12.4. The van der Waals surface area contributed by atoms with E-state index in [4.69, 9.17) is 15.2 Å². The Morgan fingerprint density at radius 2 is 1.87 bits per heavy atom. The number of hydrogen-bond acceptors (Lipinski definition) is 4. The standard InChI is InChI=1S/C10H20N2O3/c1-7(11)4-10(13)12-5-8(14-2)9(6-12)15-3/h7-9H,4-6,11H2,1-3H3. The third-order valence-corrected chi connectivity index (χ3v) is 2.67. The van der Waals surface area contributed by atoms with Crippen molar-refractivity contribution < 1.29 is 14.3 Å². The van der Waals surface area contributed by atoms with Gasteiger partial charge in [-0.2, -0.15) is 0 Å². The Morgan fingerprint density at radius 1 is 1.40 bits per heavy atom. The van der Waals surface area contributed by atoms with E-state index < -0.39 is 0 Å². The topological polar surface area (TPSA) is 64.8 Å². The molecule has 2 N–H and O–H groups in total. The first-order chi connectivity index (χ1) is 7.08. The van der Waals surface area contributed by atoms with E-state index in [9.17, 15) is 4.79 Å². The first-order valence-electron chi connectivity index (χ1n) is 5.17. The molecule has 1 amide bonds. The quantitative estimate of drug-likeness (QED) is 0.694. The van der Waals surface area contributed by atoms with Gasteiger partial charge in [0.15, 0.2) is 0 Å². The molecule has 0 bridgehead atoms. The van der Waals surface area contributed by atoms with Crippen LogP contribution in [0.5, 0.6) is 0 Å². The van der Waals surface area contributed by atoms with Gasteiger partial charge in [0.25, 0.3) is 0 Å². The zero-order valence-electron chi connectivity index (χ0n) is 9.60. The molecule has 1 aliphatic heterocycles. The molecule has 5 nitrogen and oxygen atoms in total. The van der Waals surface area contributed by atoms with Crippen molar-refractivity contribution in [2.45, 2.75) is 31.6 Å². The summed E-state index contributed by atoms with van der Waals surface area (Å²) in [6.45, 7) is 3.02. The Hall–Kier alpha value is -0.650. The number of rotatable bonds is 4. The van der Waals surface area contributed by atoms with Crippen LogP contribution in [0.2, 0.25) is 0 Å². The second kappa shape index (κ2) is 5.44. The smallest absolute Gasteiger partial charge is 0.224 e. The molecule has 0 radical (unpaired) electrons. The molecule has 1 aliphatic rings. The first-order valence-corrected chi connectivity index (χ1v) is 5.17. The molecular weight excluding hydrogens is 196 g/mol. The molecule has 0 aliphatic carbocycles. The highest BCUT2D eigenvalue weighted by molar-refractivity contribution is 5.77. The molecule has 1 heterocycles. The van der Waals surface area contributed by atoms with Crippen molar-refractivity contribution in [2.24, 2.45) is 5.73 Å². The van der Waals surface area contributed by atoms with E-state index >= 15 is 0 Å². The number of carbonyl (C=O) groups excluding carboxylic acids is 1. The fourth-order valence-electron chi connectivity index (χ4n) is 1.80. The lowest BCUT2D eigenvalue weighted by molar-refractivity contribution is -0.131. The van der Waals surface area contributed by atoms with Crippen molar-refractivity contribution in [1.82, 2.24) is 4.90 Å². The number of amides is 1. The molecule has 15 heavy (non-hydrogen) atoms. The molecule has 5 heteroatoms. The number of carbonyl (C=O) groups is 1. The van der Waals surface area contributed by atoms with Gasteiger partial charge >= 0.3 is 0 Å². The van der Waals surface area contributed by atoms with E-state index in [1.54, 1.807) is 19.1 Å². The molecule has 0 spiro atoms. The van der Waals surface area contributed by atoms with E-state index in [-0.39, 0.29) is 24.2 Å². The number of ether oxygens (including phenoxy) is 2. The third-order valence-electron chi connectivity index (χ3n) is 2.67. The van der Waals surface area contributed by atoms with Crippen LogP contribution in [-0.4, -0.2) is 56.4 Å². The predicted octanol–water partition coefficient (Wildman–Crippen LogP) is -0.404. The van der Waals surface area contributed by atoms with Gasteiger partial charge in [-0.1, -0.05) is 0 Å². The van der Waals surface area contributed by atoms with Crippen LogP contribution in [0.15, 0.2) is 0 Å². The maximum atomic E-state index is 11.7. The minimum atomic E-state index is -0.0971. The SMILES string of the molecule is COC1CN(C(=O)CC(C)N)CC1OC. The van der Waals surface area contributed by atoms with Crippen LogP contribution in [0.4, 0.5) is 0 Å². The number of methoxy groups -OCH3 is 2. The van der Waals surface area contributed by atoms with Gasteiger partial charge in [-0.05, 0) is 6.92 Å². The molecule has 3 atom stereocenters. The molecule has 1 fully saturated rings. The third kappa shape index (κ3) is 3.15. The van der Waals surface area contributed by atoms with Crippen molar-refractivity contribution in [2.75, 3.05) is 27.3 Å². The summed E-state index contributed by atoms with van der Waals surface area (Å²) in [6.07, 6.45) is 0.339. The van der Waals surface area contributed by atoms with Crippen molar-refractivity contribution >= 4 is 5.91 Å². The van der Waals surface area contributed by atoms with E-state index in [1.807, 2.05) is 6.92 Å². The Kier molecular flexibility index (Phi) is 4.50. The maximum absolute atomic E-state index is 11.7. The van der Waals surface area contributed by atoms with Gasteiger partial charge in [0.2, 0.25) is 5.91 Å². The summed E-state index contributed by atoms with van der Waals surface area (Å²) in [7, 11) is 3.27. The number of nitrogens with zero attached hydrogens (tertiary/aromatic N) is 1. The highest BCUT2D eigenvalue weighted by Crippen LogP contribution is 2.16. The highest BCUT2D eigenvalue weighted by Gasteiger charge is 2.35. The average Bonchev–Trinajstić information content (AvgIpc) is 2.59. The van der Waals surface area contributed by atoms with Crippen molar-refractivity contribution in [3.8, 4) is 0 Å². The lowest BCUT2D eigenvalue weighted by Crippen LogP contribution is -2.34. The number of likely N-dealkylation sites (tertiary alicyclic amines) is 1. The van der Waals surface area contributed by atoms with Crippen LogP contribution in [0, 0.1) is 0 Å². The zero-order chi connectivity index (χ0) is 11.4. The molecule has 1 saturated heterocycles. The second-order valence-corrected chi connectivity index (χ2v) is 4.03. The number of hydrogen-bond donors (Lipinski definition) is 1. The fraction of sp³-hybridized carbons (Fsp3) is 0.900. The minimum Gasteiger partial charge on any atom is -0.377 e. The molecule has 0 aromatic carbocycles. The predicted molar refractivity (Wildman–Crippen MR) is 56.4 cm³/mol. The minimum absolute atomic E-state index is 0.0213. The van der Waals surface area contributed by atoms with Crippen LogP contribution >= 0.6 is 0 Å². The molecular formula is C10H20N2O3. The zero-order valence-corrected chi connectivity index (χ0v) is 9.60. The van der Waals surface area contributed by atoms with Gasteiger partial charge in [0.1, 0.15) is 12.2 Å². The van der Waals surface area contributed by atoms with Gasteiger partial charge in [-0.15, -0.1) is 0 Å². The van der Waals surface area contributed by atoms with E-state index in [2.05, 4.69) is 0 Å². The van der Waals surface area contributed by atoms with Crippen LogP contribution in [0.25, 0.3) is 0 Å². The Balaban J connectivity index is 2.49. The lowest BCUT2D eigenvalue weighted by atomic mass is 10.2. The van der Waals surface area contributed by atoms with Crippen LogP contribution in [0.3, 0.4) is 0 Å². The second-order valence-electron chi connectivity index (χ2n) is 4.03. The van der Waals surface area contributed by atoms with Crippen LogP contribution < -0.4 is 5.73 Å². The van der Waals surface area contributed by atoms with Gasteiger partial charge in [-0.3, -0.25) is 4.79 Å². The summed E-state index contributed by atoms with van der Waals surface area (Å²) >= 11 is 0. The maximum Gasteiger partial charge on any atom is 0.224 e. The largest absolute Gasteiger partial charge is 0.377 e. The van der Waals surface area contributed by atoms with E-state index in [1.165, 1.54) is 0 Å². The molecule has 3 unspecified atom stereocenters. The van der Waals surface area contributed by atoms with Crippen molar-refractivity contribution in [3.05, 3.63) is 0 Å². The summed E-state index contributed by atoms with van der Waals surface area (Å²) in [5.74, 6) is 0.0756. The Labute approximate surface area is 90.5 Å². The summed E-state index contributed by atoms with van der Waals surface area (Å²) in [5, 5.41) is 0. The fourth-order valence-corrected chi connectivity index (χ4v) is 1.80. The monoisotopic (exact) mass is 216 g/mol. The molecule has 88 valence electrons. The molecule has 0 aromatic rings. The summed E-state index contributed by atoms with van der Waals surface area (Å²) < 4.78 is 10.5. The molecule has 0 saturated carbocycles. The highest BCUT2D eigenvalue weighted by atomic mass is 16.5. The van der Waals surface area contributed by atoms with E-state index in [0.29, 0.717) is 19.5 Å². The van der Waals surface area contributed by atoms with Gasteiger partial charge in [0, 0.05) is 39.8 Å². The van der Waals surface area contributed by atoms with Crippen LogP contribution in [0.1, 0.15) is 13.3 Å². The Bertz CT molecular complexity index is 209. The summed E-state index contributed by atoms with van der Waals surface area (Å²) in [5.41, 5.74) is 5.59. The van der Waals surface area contributed by atoms with Crippen molar-refractivity contribution in [3.63, 3.8) is 0 Å². The van der Waals surface area contributed by atoms with Gasteiger partial charge in [-0.25, -0.2) is 0 Å². The Morgan fingerprint density at radius 3 is 2.20 bits per heavy atom.